The Kier molecular flexibility index (Phi) is 2.96. The Labute approximate surface area is 126 Å². The van der Waals surface area contributed by atoms with Crippen LogP contribution in [0, 0.1) is 5.82 Å². The molecule has 1 atom stereocenters. The number of anilines is 1. The number of aromatic nitrogens is 3. The molecule has 0 aliphatic carbocycles. The van der Waals surface area contributed by atoms with Gasteiger partial charge in [0.15, 0.2) is 0 Å². The Hall–Kier alpha value is -2.95. The maximum atomic E-state index is 14.2. The second kappa shape index (κ2) is 5.11. The summed E-state index contributed by atoms with van der Waals surface area (Å²) in [6.07, 6.45) is 3.44. The summed E-state index contributed by atoms with van der Waals surface area (Å²) in [6.45, 7) is 0. The highest BCUT2D eigenvalue weighted by atomic mass is 19.1. The third-order valence-corrected chi connectivity index (χ3v) is 3.72. The molecule has 0 fully saturated rings. The largest absolute Gasteiger partial charge is 0.324 e. The second-order valence-electron chi connectivity index (χ2n) is 5.07. The molecule has 4 nitrogen and oxygen atoms in total. The first-order chi connectivity index (χ1) is 10.8. The molecule has 0 bridgehead atoms. The van der Waals surface area contributed by atoms with Crippen LogP contribution in [-0.2, 0) is 0 Å². The number of nitrogens with one attached hydrogen (secondary N) is 1. The summed E-state index contributed by atoms with van der Waals surface area (Å²) in [6, 6.07) is 16.3. The maximum absolute atomic E-state index is 14.2. The molecule has 1 N–H and O–H groups in total. The van der Waals surface area contributed by atoms with Crippen molar-refractivity contribution in [2.45, 2.75) is 6.04 Å². The molecule has 4 rings (SSSR count). The lowest BCUT2D eigenvalue weighted by Gasteiger charge is -2.24. The van der Waals surface area contributed by atoms with Crippen LogP contribution in [0.15, 0.2) is 67.0 Å². The van der Waals surface area contributed by atoms with Gasteiger partial charge in [0.2, 0.25) is 5.95 Å². The minimum absolute atomic E-state index is 0.250. The Morgan fingerprint density at radius 2 is 1.77 bits per heavy atom. The van der Waals surface area contributed by atoms with Crippen LogP contribution in [0.1, 0.15) is 17.2 Å². The first-order valence-electron chi connectivity index (χ1n) is 7.01. The van der Waals surface area contributed by atoms with E-state index in [-0.39, 0.29) is 11.9 Å². The molecule has 1 aliphatic heterocycles. The normalized spacial score (nSPS) is 16.6. The maximum Gasteiger partial charge on any atom is 0.226 e. The highest BCUT2D eigenvalue weighted by Crippen LogP contribution is 2.32. The van der Waals surface area contributed by atoms with Crippen LogP contribution in [-0.4, -0.2) is 14.8 Å². The van der Waals surface area contributed by atoms with Crippen molar-refractivity contribution in [3.63, 3.8) is 0 Å². The number of rotatable bonds is 2. The molecule has 2 heterocycles. The quantitative estimate of drug-likeness (QED) is 0.786. The zero-order valence-electron chi connectivity index (χ0n) is 11.6. The molecular weight excluding hydrogens is 279 g/mol. The molecule has 0 spiro atoms. The standard InChI is InChI=1S/C17H13FN4/c18-14-9-5-4-8-13(14)16-10-15(12-6-2-1-3-7-12)21-17-19-11-20-22(16)17/h1-11,16H,(H,19,20,21). The summed E-state index contributed by atoms with van der Waals surface area (Å²) in [5, 5.41) is 7.46. The van der Waals surface area contributed by atoms with Crippen molar-refractivity contribution in [3.8, 4) is 0 Å². The summed E-state index contributed by atoms with van der Waals surface area (Å²) < 4.78 is 15.9. The van der Waals surface area contributed by atoms with E-state index in [1.54, 1.807) is 16.8 Å². The number of halogens is 1. The monoisotopic (exact) mass is 292 g/mol. The second-order valence-corrected chi connectivity index (χ2v) is 5.07. The van der Waals surface area contributed by atoms with E-state index in [4.69, 9.17) is 0 Å². The van der Waals surface area contributed by atoms with Crippen LogP contribution >= 0.6 is 0 Å². The Morgan fingerprint density at radius 1 is 1.00 bits per heavy atom. The van der Waals surface area contributed by atoms with E-state index >= 15 is 0 Å². The van der Waals surface area contributed by atoms with Gasteiger partial charge in [0.05, 0.1) is 0 Å². The van der Waals surface area contributed by atoms with Crippen LogP contribution in [0.2, 0.25) is 0 Å². The van der Waals surface area contributed by atoms with Gasteiger partial charge < -0.3 is 5.32 Å². The molecule has 5 heteroatoms. The highest BCUT2D eigenvalue weighted by Gasteiger charge is 2.25. The van der Waals surface area contributed by atoms with Crippen molar-refractivity contribution in [2.75, 3.05) is 5.32 Å². The first-order valence-corrected chi connectivity index (χ1v) is 7.01. The van der Waals surface area contributed by atoms with Gasteiger partial charge in [-0.15, -0.1) is 0 Å². The van der Waals surface area contributed by atoms with Gasteiger partial charge in [-0.05, 0) is 17.7 Å². The van der Waals surface area contributed by atoms with E-state index in [1.807, 2.05) is 42.5 Å². The molecule has 0 saturated carbocycles. The van der Waals surface area contributed by atoms with Gasteiger partial charge >= 0.3 is 0 Å². The van der Waals surface area contributed by atoms with Crippen LogP contribution in [0.25, 0.3) is 5.70 Å². The topological polar surface area (TPSA) is 42.7 Å². The lowest BCUT2D eigenvalue weighted by molar-refractivity contribution is 0.551. The van der Waals surface area contributed by atoms with E-state index < -0.39 is 0 Å². The van der Waals surface area contributed by atoms with E-state index in [0.717, 1.165) is 11.3 Å². The number of fused-ring (bicyclic) bond motifs is 1. The number of hydrogen-bond donors (Lipinski definition) is 1. The van der Waals surface area contributed by atoms with E-state index in [0.29, 0.717) is 11.5 Å². The molecule has 0 saturated heterocycles. The van der Waals surface area contributed by atoms with E-state index in [2.05, 4.69) is 15.4 Å². The number of hydrogen-bond acceptors (Lipinski definition) is 3. The average molecular weight is 292 g/mol. The van der Waals surface area contributed by atoms with Crippen LogP contribution in [0.3, 0.4) is 0 Å². The smallest absolute Gasteiger partial charge is 0.226 e. The molecule has 3 aromatic rings. The molecule has 0 amide bonds. The van der Waals surface area contributed by atoms with Crippen molar-refractivity contribution in [2.24, 2.45) is 0 Å². The van der Waals surface area contributed by atoms with Crippen LogP contribution in [0.4, 0.5) is 10.3 Å². The molecule has 2 aromatic carbocycles. The SMILES string of the molecule is Fc1ccccc1C1C=C(c2ccccc2)Nc2ncnn21. The zero-order valence-corrected chi connectivity index (χ0v) is 11.6. The fourth-order valence-corrected chi connectivity index (χ4v) is 2.66. The van der Waals surface area contributed by atoms with E-state index in [9.17, 15) is 4.39 Å². The van der Waals surface area contributed by atoms with Crippen molar-refractivity contribution < 1.29 is 4.39 Å². The lowest BCUT2D eigenvalue weighted by atomic mass is 10.0. The van der Waals surface area contributed by atoms with Gasteiger partial charge in [0, 0.05) is 11.3 Å². The third kappa shape index (κ3) is 2.07. The van der Waals surface area contributed by atoms with Gasteiger partial charge in [-0.25, -0.2) is 9.07 Å². The minimum Gasteiger partial charge on any atom is -0.324 e. The van der Waals surface area contributed by atoms with Gasteiger partial charge in [0.25, 0.3) is 0 Å². The van der Waals surface area contributed by atoms with Crippen LogP contribution < -0.4 is 5.32 Å². The third-order valence-electron chi connectivity index (χ3n) is 3.72. The Balaban J connectivity index is 1.86. The van der Waals surface area contributed by atoms with Gasteiger partial charge in [-0.2, -0.15) is 10.1 Å². The summed E-state index contributed by atoms with van der Waals surface area (Å²) >= 11 is 0. The average Bonchev–Trinajstić information content (AvgIpc) is 3.04. The predicted molar refractivity (Wildman–Crippen MR) is 82.6 cm³/mol. The first kappa shape index (κ1) is 12.8. The van der Waals surface area contributed by atoms with Crippen molar-refractivity contribution in [1.82, 2.24) is 14.8 Å². The number of nitrogens with zero attached hydrogens (tertiary/aromatic N) is 3. The highest BCUT2D eigenvalue weighted by molar-refractivity contribution is 5.77. The lowest BCUT2D eigenvalue weighted by Crippen LogP contribution is -2.21. The fourth-order valence-electron chi connectivity index (χ4n) is 2.66. The van der Waals surface area contributed by atoms with Gasteiger partial charge in [-0.1, -0.05) is 48.5 Å². The Morgan fingerprint density at radius 3 is 2.59 bits per heavy atom. The van der Waals surface area contributed by atoms with Gasteiger partial charge in [-0.3, -0.25) is 0 Å². The van der Waals surface area contributed by atoms with Crippen LogP contribution in [0.5, 0.6) is 0 Å². The molecule has 1 aromatic heterocycles. The molecular formula is C17H13FN4. The number of benzene rings is 2. The predicted octanol–water partition coefficient (Wildman–Crippen LogP) is 3.47. The summed E-state index contributed by atoms with van der Waals surface area (Å²) in [5.74, 6) is 0.356. The van der Waals surface area contributed by atoms with E-state index in [1.165, 1.54) is 12.4 Å². The van der Waals surface area contributed by atoms with Gasteiger partial charge in [0.1, 0.15) is 18.2 Å². The molecule has 0 radical (unpaired) electrons. The zero-order chi connectivity index (χ0) is 14.9. The Bertz CT molecular complexity index is 839. The molecule has 1 unspecified atom stereocenters. The number of allylic oxidation sites excluding steroid dienone is 1. The molecule has 22 heavy (non-hydrogen) atoms. The summed E-state index contributed by atoms with van der Waals surface area (Å²) in [7, 11) is 0. The molecule has 108 valence electrons. The van der Waals surface area contributed by atoms with Crippen molar-refractivity contribution >= 4 is 11.6 Å². The fraction of sp³-hybridized carbons (Fsp3) is 0.0588. The summed E-state index contributed by atoms with van der Waals surface area (Å²) in [5.41, 5.74) is 2.50. The summed E-state index contributed by atoms with van der Waals surface area (Å²) in [4.78, 5) is 4.22. The van der Waals surface area contributed by atoms with Crippen molar-refractivity contribution in [1.29, 1.82) is 0 Å². The minimum atomic E-state index is -0.324. The molecule has 1 aliphatic rings. The van der Waals surface area contributed by atoms with Crippen molar-refractivity contribution in [3.05, 3.63) is 83.9 Å².